The van der Waals surface area contributed by atoms with Crippen molar-refractivity contribution >= 4 is 101 Å². The third kappa shape index (κ3) is 21.6. The Balaban J connectivity index is 0.687. The third-order valence-electron chi connectivity index (χ3n) is 20.9. The quantitative estimate of drug-likeness (QED) is 0.0216. The Hall–Kier alpha value is -7.37. The molecule has 4 heterocycles. The number of likely N-dealkylation sites (tertiary alicyclic amines) is 2. The standard InChI is InChI=1S/C79H100ClF3N10O10S4/c1-52(54-19-21-56(22-20-54)72-53(2)84-51-105-72)85-75(98)68-45-63(94)49-93(68)76(99)73(77(3,4)5)87-70(95)17-13-10-14-18-71(96)92-39-35-61(36-40-92)89(8)38-34-60(50-104-64-15-11-9-12-16-64)86-67-32-31-65(46-69(67)106(100,101)79(81,82)83)107(102,103)88-74(97)57-25-29-62(30-26-57)91-43-41-90(42-44-91)48-58-47-78(6,7)37-33-66(58)55-23-27-59(80)28-24-55/h9,11-12,15-16,19-32,46,51-52,60-61,63,68,73,86,94H,10,13-14,17-18,33-45,47-50H2,1-8H3,(H,85,98)(H,87,95)(H,88,97)/t52-,60+,63+,68-,73+/m0/s1. The van der Waals surface area contributed by atoms with Crippen LogP contribution in [0.25, 0.3) is 16.0 Å². The number of unbranched alkanes of at least 4 members (excludes halogenated alkanes) is 2. The number of piperazine rings is 1. The molecule has 5 amide bonds. The van der Waals surface area contributed by atoms with E-state index in [2.05, 4.69) is 61.6 Å². The van der Waals surface area contributed by atoms with Gasteiger partial charge >= 0.3 is 5.51 Å². The third-order valence-corrected chi connectivity index (χ3v) is 26.2. The van der Waals surface area contributed by atoms with Crippen LogP contribution < -0.4 is 25.6 Å². The van der Waals surface area contributed by atoms with Crippen LogP contribution in [0.3, 0.4) is 0 Å². The van der Waals surface area contributed by atoms with E-state index in [1.165, 1.54) is 45.5 Å². The zero-order valence-corrected chi connectivity index (χ0v) is 66.1. The molecule has 107 heavy (non-hydrogen) atoms. The molecule has 20 nitrogen and oxygen atoms in total. The number of aliphatic hydroxyl groups excluding tert-OH is 1. The summed E-state index contributed by atoms with van der Waals surface area (Å²) in [4.78, 5) is 82.8. The smallest absolute Gasteiger partial charge is 0.391 e. The van der Waals surface area contributed by atoms with E-state index in [0.29, 0.717) is 82.3 Å². The number of carbonyl (C=O) groups excluding carboxylic acids is 5. The number of nitrogens with zero attached hydrogens (tertiary/aromatic N) is 6. The van der Waals surface area contributed by atoms with Crippen molar-refractivity contribution in [3.05, 3.63) is 160 Å². The molecular weight excluding hydrogens is 1470 g/mol. The molecule has 3 aliphatic heterocycles. The molecule has 0 saturated carbocycles. The van der Waals surface area contributed by atoms with Crippen LogP contribution in [-0.4, -0.2) is 184 Å². The first-order valence-corrected chi connectivity index (χ1v) is 41.9. The molecule has 0 unspecified atom stereocenters. The van der Waals surface area contributed by atoms with Crippen LogP contribution in [0.1, 0.15) is 152 Å². The number of sulfonamides is 1. The number of alkyl halides is 3. The van der Waals surface area contributed by atoms with E-state index < -0.39 is 94.3 Å². The summed E-state index contributed by atoms with van der Waals surface area (Å²) in [5, 5.41) is 20.4. The van der Waals surface area contributed by atoms with Crippen molar-refractivity contribution < 1.29 is 59.1 Å². The molecule has 28 heteroatoms. The first kappa shape index (κ1) is 82.1. The SMILES string of the molecule is Cc1ncsc1-c1ccc([C@H](C)NC(=O)[C@@H]2C[C@@H](O)CN2C(=O)[C@@H](NC(=O)CCCCCC(=O)N2CCC(N(C)CC[C@H](CSc3ccccc3)Nc3ccc(S(=O)(=O)NC(=O)c4ccc(N5CCN(CC6=C(c7ccc(Cl)cc7)CCC(C)(C)C6)CC5)cc4)cc3S(=O)(=O)C(F)(F)F)CC2)C(C)(C)C)cc1. The lowest BCUT2D eigenvalue weighted by molar-refractivity contribution is -0.144. The topological polar surface area (TPSA) is 251 Å². The second-order valence-corrected chi connectivity index (χ2v) is 36.5. The second kappa shape index (κ2) is 35.5. The Morgan fingerprint density at radius 3 is 2.13 bits per heavy atom. The number of thioether (sulfide) groups is 1. The molecule has 5 atom stereocenters. The molecular formula is C79H100ClF3N10O10S4. The fraction of sp³-hybridized carbons (Fsp3) is 0.494. The van der Waals surface area contributed by atoms with Crippen LogP contribution in [0.4, 0.5) is 24.5 Å². The minimum absolute atomic E-state index is 0.0219. The van der Waals surface area contributed by atoms with Gasteiger partial charge in [-0.05, 0) is 172 Å². The second-order valence-electron chi connectivity index (χ2n) is 30.6. The molecule has 1 aliphatic carbocycles. The van der Waals surface area contributed by atoms with Gasteiger partial charge in [-0.2, -0.15) is 13.2 Å². The van der Waals surface area contributed by atoms with Gasteiger partial charge in [-0.15, -0.1) is 23.1 Å². The molecule has 1 aromatic heterocycles. The number of β-amino-alcohol motifs (C(OH)–C–C–N with tert-alkyl or cyclic N) is 1. The van der Waals surface area contributed by atoms with Crippen LogP contribution >= 0.6 is 34.7 Å². The van der Waals surface area contributed by atoms with Crippen LogP contribution in [0, 0.1) is 17.8 Å². The van der Waals surface area contributed by atoms with Gasteiger partial charge in [0.05, 0.1) is 38.8 Å². The van der Waals surface area contributed by atoms with E-state index in [-0.39, 0.29) is 60.4 Å². The summed E-state index contributed by atoms with van der Waals surface area (Å²) < 4.78 is 101. The lowest BCUT2D eigenvalue weighted by Crippen LogP contribution is -2.57. The summed E-state index contributed by atoms with van der Waals surface area (Å²) in [6.45, 7) is 19.1. The van der Waals surface area contributed by atoms with Crippen molar-refractivity contribution in [3.63, 3.8) is 0 Å². The number of nitrogens with one attached hydrogen (secondary N) is 4. The van der Waals surface area contributed by atoms with Gasteiger partial charge in [0.2, 0.25) is 23.6 Å². The largest absolute Gasteiger partial charge is 0.501 e. The molecule has 5 N–H and O–H groups in total. The van der Waals surface area contributed by atoms with Gasteiger partial charge in [-0.1, -0.05) is 113 Å². The Labute approximate surface area is 641 Å². The molecule has 3 fully saturated rings. The number of hydrogen-bond acceptors (Lipinski definition) is 17. The molecule has 6 aromatic rings. The Kier molecular flexibility index (Phi) is 27.3. The molecule has 0 radical (unpaired) electrons. The van der Waals surface area contributed by atoms with Crippen molar-refractivity contribution in [2.75, 3.05) is 81.9 Å². The minimum Gasteiger partial charge on any atom is -0.391 e. The fourth-order valence-electron chi connectivity index (χ4n) is 14.6. The molecule has 5 aromatic carbocycles. The summed E-state index contributed by atoms with van der Waals surface area (Å²) in [6.07, 6.45) is 5.72. The number of aromatic nitrogens is 1. The van der Waals surface area contributed by atoms with E-state index >= 15 is 0 Å². The summed E-state index contributed by atoms with van der Waals surface area (Å²) in [7, 11) is -9.21. The summed E-state index contributed by atoms with van der Waals surface area (Å²) in [5.74, 6) is -2.02. The van der Waals surface area contributed by atoms with Gasteiger partial charge in [0.1, 0.15) is 17.0 Å². The number of allylic oxidation sites excluding steroid dienone is 1. The number of thiazole rings is 1. The number of piperidine rings is 1. The highest BCUT2D eigenvalue weighted by molar-refractivity contribution is 7.99. The summed E-state index contributed by atoms with van der Waals surface area (Å²) in [6, 6.07) is 30.9. The fourth-order valence-corrected chi connectivity index (χ4v) is 18.5. The highest BCUT2D eigenvalue weighted by Gasteiger charge is 2.49. The molecule has 0 bridgehead atoms. The van der Waals surface area contributed by atoms with E-state index in [1.807, 2.05) is 118 Å². The predicted octanol–water partition coefficient (Wildman–Crippen LogP) is 13.2. The number of anilines is 2. The van der Waals surface area contributed by atoms with Gasteiger partial charge in [-0.25, -0.2) is 26.5 Å². The maximum absolute atomic E-state index is 14.6. The lowest BCUT2D eigenvalue weighted by atomic mass is 9.73. The van der Waals surface area contributed by atoms with Crippen molar-refractivity contribution in [2.45, 2.75) is 182 Å². The highest BCUT2D eigenvalue weighted by Crippen LogP contribution is 2.44. The number of amides is 5. The van der Waals surface area contributed by atoms with Crippen LogP contribution in [0.2, 0.25) is 5.02 Å². The number of hydrogen-bond donors (Lipinski definition) is 5. The highest BCUT2D eigenvalue weighted by atomic mass is 35.5. The molecule has 4 aliphatic rings. The lowest BCUT2D eigenvalue weighted by Gasteiger charge is -2.39. The number of benzene rings is 5. The Morgan fingerprint density at radius 1 is 0.822 bits per heavy atom. The summed E-state index contributed by atoms with van der Waals surface area (Å²) >= 11 is 9.18. The maximum Gasteiger partial charge on any atom is 0.501 e. The van der Waals surface area contributed by atoms with Gasteiger partial charge in [0.15, 0.2) is 0 Å². The zero-order chi connectivity index (χ0) is 77.2. The van der Waals surface area contributed by atoms with Crippen molar-refractivity contribution in [1.29, 1.82) is 0 Å². The Morgan fingerprint density at radius 2 is 1.49 bits per heavy atom. The van der Waals surface area contributed by atoms with Crippen LogP contribution in [0.15, 0.2) is 147 Å². The molecule has 0 spiro atoms. The number of aliphatic hydroxyl groups is 1. The Bertz CT molecular complexity index is 4360. The van der Waals surface area contributed by atoms with Gasteiger partial charge < -0.3 is 40.7 Å². The van der Waals surface area contributed by atoms with E-state index in [1.54, 1.807) is 29.0 Å². The van der Waals surface area contributed by atoms with Gasteiger partial charge in [0.25, 0.3) is 25.8 Å². The molecule has 10 rings (SSSR count). The van der Waals surface area contributed by atoms with Gasteiger partial charge in [-0.3, -0.25) is 28.9 Å². The average molecular weight is 1570 g/mol. The van der Waals surface area contributed by atoms with Crippen molar-refractivity contribution in [3.8, 4) is 10.4 Å². The summed E-state index contributed by atoms with van der Waals surface area (Å²) in [5.41, 5.74) is 2.55. The van der Waals surface area contributed by atoms with Crippen LogP contribution in [-0.2, 0) is 39.0 Å². The van der Waals surface area contributed by atoms with Gasteiger partial charge in [0, 0.05) is 117 Å². The number of rotatable bonds is 29. The molecule has 3 saturated heterocycles. The van der Waals surface area contributed by atoms with Crippen molar-refractivity contribution in [1.82, 2.24) is 39.9 Å². The van der Waals surface area contributed by atoms with E-state index in [9.17, 15) is 59.1 Å². The monoisotopic (exact) mass is 1570 g/mol. The molecule has 578 valence electrons. The van der Waals surface area contributed by atoms with Crippen molar-refractivity contribution in [2.24, 2.45) is 10.8 Å². The number of halogens is 4. The number of sulfone groups is 1. The number of aryl methyl sites for hydroxylation is 1. The first-order chi connectivity index (χ1) is 50.6. The zero-order valence-electron chi connectivity index (χ0n) is 62.1. The van der Waals surface area contributed by atoms with E-state index in [0.717, 1.165) is 83.3 Å². The van der Waals surface area contributed by atoms with E-state index in [4.69, 9.17) is 11.6 Å². The van der Waals surface area contributed by atoms with Crippen LogP contribution in [0.5, 0.6) is 0 Å². The normalized spacial score (nSPS) is 18.6. The number of carbonyl (C=O) groups is 5. The first-order valence-electron chi connectivity index (χ1n) is 36.7. The predicted molar refractivity (Wildman–Crippen MR) is 416 cm³/mol. The average Bonchev–Trinajstić information content (AvgIpc) is 1.37. The minimum atomic E-state index is -6.18. The maximum atomic E-state index is 14.6.